The molecule has 0 amide bonds. The normalized spacial score (nSPS) is 14.1. The molecule has 1 unspecified atom stereocenters. The lowest BCUT2D eigenvalue weighted by Crippen LogP contribution is -2.34. The Labute approximate surface area is 120 Å². The Kier molecular flexibility index (Phi) is 4.84. The average molecular weight is 300 g/mol. The van der Waals surface area contributed by atoms with Crippen molar-refractivity contribution in [3.8, 4) is 6.07 Å². The Balaban J connectivity index is 3.02. The summed E-state index contributed by atoms with van der Waals surface area (Å²) < 4.78 is 38.4. The van der Waals surface area contributed by atoms with Gasteiger partial charge in [0.15, 0.2) is 0 Å². The Morgan fingerprint density at radius 1 is 1.43 bits per heavy atom. The van der Waals surface area contributed by atoms with Crippen molar-refractivity contribution in [3.05, 3.63) is 29.3 Å². The molecule has 0 aliphatic heterocycles. The first kappa shape index (κ1) is 16.8. The third-order valence-corrected chi connectivity index (χ3v) is 3.42. The highest BCUT2D eigenvalue weighted by Gasteiger charge is 2.34. The molecule has 1 aromatic carbocycles. The Morgan fingerprint density at radius 3 is 2.48 bits per heavy atom. The van der Waals surface area contributed by atoms with E-state index in [1.807, 2.05) is 0 Å². The summed E-state index contributed by atoms with van der Waals surface area (Å²) in [6, 6.07) is 4.69. The minimum Gasteiger partial charge on any atom is -0.481 e. The molecule has 2 N–H and O–H groups in total. The maximum atomic E-state index is 12.8. The van der Waals surface area contributed by atoms with E-state index in [0.29, 0.717) is 6.42 Å². The van der Waals surface area contributed by atoms with Crippen LogP contribution in [0.1, 0.15) is 31.4 Å². The van der Waals surface area contributed by atoms with Gasteiger partial charge >= 0.3 is 12.1 Å². The van der Waals surface area contributed by atoms with E-state index < -0.39 is 28.7 Å². The molecule has 114 valence electrons. The fraction of sp³-hybridized carbons (Fsp3) is 0.429. The second-order valence-corrected chi connectivity index (χ2v) is 4.94. The van der Waals surface area contributed by atoms with Crippen molar-refractivity contribution in [1.29, 1.82) is 5.26 Å². The standard InChI is InChI=1S/C14H15F3N2O2/c1-3-13(2,12(20)21)8-19-10-5-4-9(7-18)11(6-10)14(15,16)17/h4-6,19H,3,8H2,1-2H3,(H,20,21). The van der Waals surface area contributed by atoms with Crippen LogP contribution in [-0.2, 0) is 11.0 Å². The topological polar surface area (TPSA) is 73.1 Å². The van der Waals surface area contributed by atoms with Crippen LogP contribution in [0.5, 0.6) is 0 Å². The minimum absolute atomic E-state index is 0.0119. The van der Waals surface area contributed by atoms with Crippen LogP contribution < -0.4 is 5.32 Å². The van der Waals surface area contributed by atoms with Crippen LogP contribution in [0.4, 0.5) is 18.9 Å². The van der Waals surface area contributed by atoms with Crippen LogP contribution in [0.2, 0.25) is 0 Å². The number of carboxylic acids is 1. The SMILES string of the molecule is CCC(C)(CNc1ccc(C#N)c(C(F)(F)F)c1)C(=O)O. The molecule has 0 fully saturated rings. The van der Waals surface area contributed by atoms with Crippen molar-refractivity contribution >= 4 is 11.7 Å². The van der Waals surface area contributed by atoms with Gasteiger partial charge in [0.2, 0.25) is 0 Å². The first-order valence-corrected chi connectivity index (χ1v) is 6.22. The molecule has 1 rings (SSSR count). The van der Waals surface area contributed by atoms with Crippen LogP contribution in [0, 0.1) is 16.7 Å². The first-order chi connectivity index (χ1) is 9.64. The summed E-state index contributed by atoms with van der Waals surface area (Å²) in [6.45, 7) is 3.19. The van der Waals surface area contributed by atoms with Gasteiger partial charge in [0.1, 0.15) is 0 Å². The van der Waals surface area contributed by atoms with Gasteiger partial charge < -0.3 is 10.4 Å². The van der Waals surface area contributed by atoms with Crippen molar-refractivity contribution in [1.82, 2.24) is 0 Å². The molecule has 4 nitrogen and oxygen atoms in total. The van der Waals surface area contributed by atoms with Gasteiger partial charge in [-0.2, -0.15) is 18.4 Å². The summed E-state index contributed by atoms with van der Waals surface area (Å²) in [6.07, 6.45) is -4.30. The van der Waals surface area contributed by atoms with E-state index in [1.165, 1.54) is 19.1 Å². The summed E-state index contributed by atoms with van der Waals surface area (Å²) >= 11 is 0. The second-order valence-electron chi connectivity index (χ2n) is 4.94. The van der Waals surface area contributed by atoms with E-state index in [-0.39, 0.29) is 12.2 Å². The number of carbonyl (C=O) groups is 1. The number of benzene rings is 1. The smallest absolute Gasteiger partial charge is 0.417 e. The molecule has 0 aliphatic carbocycles. The zero-order chi connectivity index (χ0) is 16.3. The van der Waals surface area contributed by atoms with E-state index in [4.69, 9.17) is 10.4 Å². The van der Waals surface area contributed by atoms with E-state index in [0.717, 1.165) is 12.1 Å². The van der Waals surface area contributed by atoms with Gasteiger partial charge in [-0.3, -0.25) is 4.79 Å². The molecule has 0 bridgehead atoms. The fourth-order valence-electron chi connectivity index (χ4n) is 1.64. The van der Waals surface area contributed by atoms with Crippen molar-refractivity contribution < 1.29 is 23.1 Å². The zero-order valence-electron chi connectivity index (χ0n) is 11.6. The maximum Gasteiger partial charge on any atom is 0.417 e. The monoisotopic (exact) mass is 300 g/mol. The van der Waals surface area contributed by atoms with Crippen molar-refractivity contribution in [2.45, 2.75) is 26.4 Å². The van der Waals surface area contributed by atoms with Crippen LogP contribution in [0.3, 0.4) is 0 Å². The summed E-state index contributed by atoms with van der Waals surface area (Å²) in [5.74, 6) is -1.03. The van der Waals surface area contributed by atoms with Gasteiger partial charge in [-0.25, -0.2) is 0 Å². The predicted octanol–water partition coefficient (Wildman–Crippen LogP) is 3.49. The van der Waals surface area contributed by atoms with Gasteiger partial charge in [-0.05, 0) is 31.5 Å². The lowest BCUT2D eigenvalue weighted by molar-refractivity contribution is -0.147. The quantitative estimate of drug-likeness (QED) is 0.873. The van der Waals surface area contributed by atoms with Gasteiger partial charge in [0.25, 0.3) is 0 Å². The molecule has 0 radical (unpaired) electrons. The highest BCUT2D eigenvalue weighted by Crippen LogP contribution is 2.34. The third-order valence-electron chi connectivity index (χ3n) is 3.42. The molecule has 1 aromatic rings. The van der Waals surface area contributed by atoms with Crippen LogP contribution >= 0.6 is 0 Å². The largest absolute Gasteiger partial charge is 0.481 e. The van der Waals surface area contributed by atoms with E-state index in [9.17, 15) is 18.0 Å². The fourth-order valence-corrected chi connectivity index (χ4v) is 1.64. The van der Waals surface area contributed by atoms with Gasteiger partial charge in [-0.1, -0.05) is 6.92 Å². The van der Waals surface area contributed by atoms with Gasteiger partial charge in [0, 0.05) is 12.2 Å². The lowest BCUT2D eigenvalue weighted by atomic mass is 9.87. The maximum absolute atomic E-state index is 12.8. The van der Waals surface area contributed by atoms with Crippen molar-refractivity contribution in [2.75, 3.05) is 11.9 Å². The zero-order valence-corrected chi connectivity index (χ0v) is 11.6. The number of nitrogens with zero attached hydrogens (tertiary/aromatic N) is 1. The van der Waals surface area contributed by atoms with Crippen molar-refractivity contribution in [3.63, 3.8) is 0 Å². The van der Waals surface area contributed by atoms with Crippen molar-refractivity contribution in [2.24, 2.45) is 5.41 Å². The van der Waals surface area contributed by atoms with E-state index in [2.05, 4.69) is 5.32 Å². The molecule has 0 saturated heterocycles. The van der Waals surface area contributed by atoms with Gasteiger partial charge in [-0.15, -0.1) is 0 Å². The van der Waals surface area contributed by atoms with Crippen LogP contribution in [-0.4, -0.2) is 17.6 Å². The molecule has 21 heavy (non-hydrogen) atoms. The number of anilines is 1. The Hall–Kier alpha value is -2.23. The summed E-state index contributed by atoms with van der Waals surface area (Å²) in [5.41, 5.74) is -2.46. The highest BCUT2D eigenvalue weighted by atomic mass is 19.4. The number of hydrogen-bond donors (Lipinski definition) is 2. The Bertz CT molecular complexity index is 579. The summed E-state index contributed by atoms with van der Waals surface area (Å²) in [5, 5.41) is 20.5. The molecule has 0 aliphatic rings. The molecule has 1 atom stereocenters. The minimum atomic E-state index is -4.64. The number of hydrogen-bond acceptors (Lipinski definition) is 3. The molecular formula is C14H15F3N2O2. The molecule has 0 saturated carbocycles. The highest BCUT2D eigenvalue weighted by molar-refractivity contribution is 5.75. The number of nitrogens with one attached hydrogen (secondary N) is 1. The number of halogens is 3. The average Bonchev–Trinajstić information content (AvgIpc) is 2.43. The van der Waals surface area contributed by atoms with Crippen LogP contribution in [0.25, 0.3) is 0 Å². The number of alkyl halides is 3. The summed E-state index contributed by atoms with van der Waals surface area (Å²) in [7, 11) is 0. The Morgan fingerprint density at radius 2 is 2.05 bits per heavy atom. The molecule has 0 heterocycles. The third kappa shape index (κ3) is 3.88. The molecule has 0 aromatic heterocycles. The molecule has 7 heteroatoms. The van der Waals surface area contributed by atoms with Crippen LogP contribution in [0.15, 0.2) is 18.2 Å². The molecular weight excluding hydrogens is 285 g/mol. The predicted molar refractivity (Wildman–Crippen MR) is 70.7 cm³/mol. The van der Waals surface area contributed by atoms with E-state index in [1.54, 1.807) is 6.92 Å². The number of nitriles is 1. The number of carboxylic acid groups (broad SMARTS) is 1. The van der Waals surface area contributed by atoms with Gasteiger partial charge in [0.05, 0.1) is 22.6 Å². The van der Waals surface area contributed by atoms with E-state index >= 15 is 0 Å². The lowest BCUT2D eigenvalue weighted by Gasteiger charge is -2.24. The number of aliphatic carboxylic acids is 1. The number of rotatable bonds is 5. The summed E-state index contributed by atoms with van der Waals surface area (Å²) in [4.78, 5) is 11.1. The first-order valence-electron chi connectivity index (χ1n) is 6.22. The molecule has 0 spiro atoms. The second kappa shape index (κ2) is 6.04.